The lowest BCUT2D eigenvalue weighted by molar-refractivity contribution is -0.120. The molecule has 0 aliphatic carbocycles. The lowest BCUT2D eigenvalue weighted by atomic mass is 9.99. The van der Waals surface area contributed by atoms with Gasteiger partial charge in [-0.2, -0.15) is 5.10 Å². The average molecular weight is 447 g/mol. The number of nitrogens with one attached hydrogen (secondary N) is 3. The van der Waals surface area contributed by atoms with Crippen LogP contribution in [0, 0.1) is 0 Å². The SMILES string of the molecule is COc1ccc(C2CC3C4NN=C(CCC(=O)NCCc5ccccc5)N4C=CN3N2)cc1. The highest BCUT2D eigenvalue weighted by molar-refractivity contribution is 5.89. The first-order valence-corrected chi connectivity index (χ1v) is 11.5. The third kappa shape index (κ3) is 4.66. The minimum atomic E-state index is 0.0572. The molecule has 33 heavy (non-hydrogen) atoms. The molecule has 3 atom stereocenters. The van der Waals surface area contributed by atoms with Crippen molar-refractivity contribution in [1.82, 2.24) is 26.1 Å². The fraction of sp³-hybridized carbons (Fsp3) is 0.360. The van der Waals surface area contributed by atoms with E-state index in [1.807, 2.05) is 36.5 Å². The third-order valence-electron chi connectivity index (χ3n) is 6.49. The van der Waals surface area contributed by atoms with Crippen LogP contribution < -0.4 is 20.9 Å². The predicted octanol–water partition coefficient (Wildman–Crippen LogP) is 2.48. The van der Waals surface area contributed by atoms with Crippen LogP contribution in [0.25, 0.3) is 0 Å². The highest BCUT2D eigenvalue weighted by Crippen LogP contribution is 2.34. The summed E-state index contributed by atoms with van der Waals surface area (Å²) in [6.07, 6.45) is 6.98. The van der Waals surface area contributed by atoms with Crippen molar-refractivity contribution in [3.63, 3.8) is 0 Å². The summed E-state index contributed by atoms with van der Waals surface area (Å²) >= 11 is 0. The number of hydrazone groups is 1. The second-order valence-corrected chi connectivity index (χ2v) is 8.56. The molecule has 3 N–H and O–H groups in total. The van der Waals surface area contributed by atoms with E-state index in [4.69, 9.17) is 4.74 Å². The number of fused-ring (bicyclic) bond motifs is 3. The summed E-state index contributed by atoms with van der Waals surface area (Å²) < 4.78 is 5.27. The Bertz CT molecular complexity index is 1020. The van der Waals surface area contributed by atoms with Crippen molar-refractivity contribution in [2.45, 2.75) is 43.9 Å². The second-order valence-electron chi connectivity index (χ2n) is 8.56. The highest BCUT2D eigenvalue weighted by atomic mass is 16.5. The van der Waals surface area contributed by atoms with Crippen LogP contribution in [0.5, 0.6) is 5.75 Å². The van der Waals surface area contributed by atoms with E-state index < -0.39 is 0 Å². The topological polar surface area (TPSA) is 81.2 Å². The monoisotopic (exact) mass is 446 g/mol. The molecule has 0 aromatic heterocycles. The van der Waals surface area contributed by atoms with Gasteiger partial charge in [-0.25, -0.2) is 5.43 Å². The molecule has 0 saturated carbocycles. The molecule has 5 rings (SSSR count). The number of rotatable bonds is 8. The lowest BCUT2D eigenvalue weighted by Gasteiger charge is -2.37. The number of carbonyl (C=O) groups is 1. The molecule has 3 aliphatic rings. The minimum absolute atomic E-state index is 0.0572. The predicted molar refractivity (Wildman–Crippen MR) is 127 cm³/mol. The maximum Gasteiger partial charge on any atom is 0.220 e. The Hall–Kier alpha value is -3.52. The smallest absolute Gasteiger partial charge is 0.220 e. The van der Waals surface area contributed by atoms with Crippen LogP contribution in [-0.4, -0.2) is 47.5 Å². The quantitative estimate of drug-likeness (QED) is 0.578. The van der Waals surface area contributed by atoms with E-state index in [-0.39, 0.29) is 24.2 Å². The van der Waals surface area contributed by atoms with Crippen molar-refractivity contribution in [3.05, 3.63) is 78.1 Å². The van der Waals surface area contributed by atoms with Gasteiger partial charge in [-0.3, -0.25) is 10.2 Å². The Balaban J connectivity index is 1.11. The van der Waals surface area contributed by atoms with Crippen LogP contribution >= 0.6 is 0 Å². The number of hydrogen-bond donors (Lipinski definition) is 3. The van der Waals surface area contributed by atoms with Gasteiger partial charge in [0, 0.05) is 31.8 Å². The van der Waals surface area contributed by atoms with Crippen LogP contribution in [-0.2, 0) is 11.2 Å². The maximum absolute atomic E-state index is 12.3. The molecule has 3 heterocycles. The Kier molecular flexibility index (Phi) is 6.17. The fourth-order valence-electron chi connectivity index (χ4n) is 4.67. The molecule has 0 spiro atoms. The molecule has 1 saturated heterocycles. The molecular weight excluding hydrogens is 416 g/mol. The summed E-state index contributed by atoms with van der Waals surface area (Å²) in [7, 11) is 1.68. The molecule has 3 aliphatic heterocycles. The summed E-state index contributed by atoms with van der Waals surface area (Å²) in [5.74, 6) is 1.82. The number of methoxy groups -OCH3 is 1. The molecule has 2 aromatic rings. The molecule has 2 aromatic carbocycles. The van der Waals surface area contributed by atoms with Crippen molar-refractivity contribution < 1.29 is 9.53 Å². The fourth-order valence-corrected chi connectivity index (χ4v) is 4.67. The van der Waals surface area contributed by atoms with Crippen molar-refractivity contribution in [3.8, 4) is 5.75 Å². The number of amidine groups is 1. The molecule has 8 heteroatoms. The van der Waals surface area contributed by atoms with Gasteiger partial charge in [0.2, 0.25) is 5.91 Å². The number of nitrogens with zero attached hydrogens (tertiary/aromatic N) is 3. The maximum atomic E-state index is 12.3. The Morgan fingerprint density at radius 1 is 1.12 bits per heavy atom. The minimum Gasteiger partial charge on any atom is -0.497 e. The molecule has 3 unspecified atom stereocenters. The summed E-state index contributed by atoms with van der Waals surface area (Å²) in [4.78, 5) is 14.5. The van der Waals surface area contributed by atoms with Crippen LogP contribution in [0.15, 0.2) is 72.1 Å². The van der Waals surface area contributed by atoms with Gasteiger partial charge < -0.3 is 20.0 Å². The van der Waals surface area contributed by atoms with Crippen LogP contribution in [0.1, 0.15) is 36.4 Å². The van der Waals surface area contributed by atoms with Gasteiger partial charge in [0.25, 0.3) is 0 Å². The second kappa shape index (κ2) is 9.54. The van der Waals surface area contributed by atoms with E-state index in [0.717, 1.165) is 24.4 Å². The number of ether oxygens (including phenoxy) is 1. The number of hydrogen-bond acceptors (Lipinski definition) is 7. The van der Waals surface area contributed by atoms with E-state index >= 15 is 0 Å². The van der Waals surface area contributed by atoms with Gasteiger partial charge in [0.1, 0.15) is 17.8 Å². The average Bonchev–Trinajstić information content (AvgIpc) is 3.47. The molecular formula is C25H30N6O2. The zero-order valence-electron chi connectivity index (χ0n) is 18.8. The van der Waals surface area contributed by atoms with Gasteiger partial charge in [0.05, 0.1) is 19.2 Å². The highest BCUT2D eigenvalue weighted by Gasteiger charge is 2.44. The molecule has 1 fully saturated rings. The molecule has 172 valence electrons. The first-order chi connectivity index (χ1) is 16.2. The van der Waals surface area contributed by atoms with E-state index in [0.29, 0.717) is 19.4 Å². The zero-order valence-corrected chi connectivity index (χ0v) is 18.8. The zero-order chi connectivity index (χ0) is 22.6. The largest absolute Gasteiger partial charge is 0.497 e. The number of amides is 1. The van der Waals surface area contributed by atoms with E-state index in [1.165, 1.54) is 11.1 Å². The first-order valence-electron chi connectivity index (χ1n) is 11.5. The summed E-state index contributed by atoms with van der Waals surface area (Å²) in [6, 6.07) is 18.9. The molecule has 0 radical (unpaired) electrons. The van der Waals surface area contributed by atoms with Crippen molar-refractivity contribution in [2.24, 2.45) is 5.10 Å². The Labute approximate surface area is 194 Å². The molecule has 8 nitrogen and oxygen atoms in total. The number of carbonyl (C=O) groups excluding carboxylic acids is 1. The van der Waals surface area contributed by atoms with Crippen LogP contribution in [0.4, 0.5) is 0 Å². The Morgan fingerprint density at radius 2 is 1.94 bits per heavy atom. The third-order valence-corrected chi connectivity index (χ3v) is 6.49. The number of hydrazine groups is 1. The first kappa shape index (κ1) is 21.3. The van der Waals surface area contributed by atoms with Crippen molar-refractivity contribution in [2.75, 3.05) is 13.7 Å². The van der Waals surface area contributed by atoms with E-state index in [2.05, 4.69) is 61.6 Å². The van der Waals surface area contributed by atoms with Crippen molar-refractivity contribution >= 4 is 11.7 Å². The van der Waals surface area contributed by atoms with Crippen LogP contribution in [0.3, 0.4) is 0 Å². The summed E-state index contributed by atoms with van der Waals surface area (Å²) in [5, 5.41) is 9.73. The molecule has 1 amide bonds. The Morgan fingerprint density at radius 3 is 2.73 bits per heavy atom. The standard InChI is InChI=1S/C25H30N6O2/c1-33-20-9-7-19(8-10-20)21-17-22-25-28-27-23(30(25)15-16-31(22)29-21)11-12-24(32)26-14-13-18-5-3-2-4-6-18/h2-10,15-16,21-22,25,28-29H,11-14,17H2,1H3,(H,26,32). The van der Waals surface area contributed by atoms with E-state index in [1.54, 1.807) is 7.11 Å². The van der Waals surface area contributed by atoms with E-state index in [9.17, 15) is 4.79 Å². The van der Waals surface area contributed by atoms with Crippen molar-refractivity contribution in [1.29, 1.82) is 0 Å². The summed E-state index contributed by atoms with van der Waals surface area (Å²) in [6.45, 7) is 0.648. The molecule has 0 bridgehead atoms. The number of benzene rings is 2. The van der Waals surface area contributed by atoms with Gasteiger partial charge in [0.15, 0.2) is 0 Å². The van der Waals surface area contributed by atoms with Gasteiger partial charge in [-0.05, 0) is 36.1 Å². The normalized spacial score (nSPS) is 22.9. The van der Waals surface area contributed by atoms with Crippen LogP contribution in [0.2, 0.25) is 0 Å². The van der Waals surface area contributed by atoms with Gasteiger partial charge in [-0.15, -0.1) is 0 Å². The van der Waals surface area contributed by atoms with Gasteiger partial charge >= 0.3 is 0 Å². The lowest BCUT2D eigenvalue weighted by Crippen LogP contribution is -2.54. The van der Waals surface area contributed by atoms with Gasteiger partial charge in [-0.1, -0.05) is 42.5 Å². The summed E-state index contributed by atoms with van der Waals surface area (Å²) in [5.41, 5.74) is 9.33.